The van der Waals surface area contributed by atoms with Crippen LogP contribution >= 0.6 is 11.6 Å². The van der Waals surface area contributed by atoms with Crippen molar-refractivity contribution >= 4 is 34.4 Å². The first-order valence-corrected chi connectivity index (χ1v) is 9.90. The minimum Gasteiger partial charge on any atom is -0.465 e. The SMILES string of the molecule is CCn1c(C(=O)NC(c2ccc(F)c(Cl)c2)C(F)(F)F)cc2cc(C(=O)OC)c(C)cc21. The van der Waals surface area contributed by atoms with Crippen molar-refractivity contribution in [3.63, 3.8) is 0 Å². The average Bonchev–Trinajstić information content (AvgIpc) is 3.09. The lowest BCUT2D eigenvalue weighted by Crippen LogP contribution is -2.38. The Labute approximate surface area is 185 Å². The van der Waals surface area contributed by atoms with Gasteiger partial charge in [-0.15, -0.1) is 0 Å². The van der Waals surface area contributed by atoms with Crippen molar-refractivity contribution in [2.45, 2.75) is 32.6 Å². The van der Waals surface area contributed by atoms with Gasteiger partial charge in [-0.05, 0) is 55.3 Å². The fraction of sp³-hybridized carbons (Fsp3) is 0.273. The number of methoxy groups -OCH3 is 1. The van der Waals surface area contributed by atoms with Crippen LogP contribution in [0.5, 0.6) is 0 Å². The molecule has 0 aliphatic heterocycles. The molecule has 3 rings (SSSR count). The maximum Gasteiger partial charge on any atom is 0.412 e. The molecule has 0 saturated carbocycles. The molecule has 32 heavy (non-hydrogen) atoms. The Morgan fingerprint density at radius 3 is 2.44 bits per heavy atom. The molecular formula is C22H19ClF4N2O3. The molecule has 1 heterocycles. The predicted octanol–water partition coefficient (Wildman–Crippen LogP) is 5.58. The molecule has 1 atom stereocenters. The normalized spacial score (nSPS) is 12.6. The van der Waals surface area contributed by atoms with Crippen molar-refractivity contribution in [1.29, 1.82) is 0 Å². The summed E-state index contributed by atoms with van der Waals surface area (Å²) in [7, 11) is 1.24. The highest BCUT2D eigenvalue weighted by molar-refractivity contribution is 6.30. The van der Waals surface area contributed by atoms with Crippen LogP contribution in [0.25, 0.3) is 10.9 Å². The second-order valence-electron chi connectivity index (χ2n) is 7.11. The Morgan fingerprint density at radius 2 is 1.88 bits per heavy atom. The number of esters is 1. The standard InChI is InChI=1S/C22H19ClF4N2O3/c1-4-29-17-7-11(2)14(21(31)32-3)8-13(17)10-18(29)20(30)28-19(22(25,26)27)12-5-6-16(24)15(23)9-12/h5-10,19H,4H2,1-3H3,(H,28,30). The van der Waals surface area contributed by atoms with Gasteiger partial charge in [-0.25, -0.2) is 9.18 Å². The van der Waals surface area contributed by atoms with Gasteiger partial charge < -0.3 is 14.6 Å². The number of amides is 1. The van der Waals surface area contributed by atoms with Crippen molar-refractivity contribution in [3.05, 3.63) is 69.6 Å². The largest absolute Gasteiger partial charge is 0.465 e. The van der Waals surface area contributed by atoms with Crippen molar-refractivity contribution in [3.8, 4) is 0 Å². The van der Waals surface area contributed by atoms with E-state index in [0.717, 1.165) is 18.2 Å². The highest BCUT2D eigenvalue weighted by Gasteiger charge is 2.42. The molecule has 2 aromatic carbocycles. The molecule has 0 fully saturated rings. The number of fused-ring (bicyclic) bond motifs is 1. The zero-order valence-corrected chi connectivity index (χ0v) is 18.1. The first-order chi connectivity index (χ1) is 15.0. The highest BCUT2D eigenvalue weighted by Crippen LogP contribution is 2.35. The van der Waals surface area contributed by atoms with E-state index in [2.05, 4.69) is 0 Å². The Kier molecular flexibility index (Phi) is 6.50. The number of aryl methyl sites for hydroxylation is 2. The van der Waals surface area contributed by atoms with Crippen LogP contribution in [0.3, 0.4) is 0 Å². The number of halogens is 5. The summed E-state index contributed by atoms with van der Waals surface area (Å²) >= 11 is 5.63. The van der Waals surface area contributed by atoms with Crippen LogP contribution in [-0.4, -0.2) is 29.7 Å². The van der Waals surface area contributed by atoms with E-state index >= 15 is 0 Å². The molecule has 1 unspecified atom stereocenters. The van der Waals surface area contributed by atoms with Crippen LogP contribution in [-0.2, 0) is 11.3 Å². The van der Waals surface area contributed by atoms with Crippen LogP contribution < -0.4 is 5.32 Å². The predicted molar refractivity (Wildman–Crippen MR) is 111 cm³/mol. The van der Waals surface area contributed by atoms with Gasteiger partial charge in [0.1, 0.15) is 11.5 Å². The van der Waals surface area contributed by atoms with Crippen molar-refractivity contribution in [1.82, 2.24) is 9.88 Å². The molecule has 5 nitrogen and oxygen atoms in total. The number of hydrogen-bond acceptors (Lipinski definition) is 3. The third-order valence-electron chi connectivity index (χ3n) is 5.08. The molecule has 0 bridgehead atoms. The summed E-state index contributed by atoms with van der Waals surface area (Å²) in [4.78, 5) is 24.9. The van der Waals surface area contributed by atoms with Gasteiger partial charge in [-0.1, -0.05) is 17.7 Å². The smallest absolute Gasteiger partial charge is 0.412 e. The summed E-state index contributed by atoms with van der Waals surface area (Å²) in [5.74, 6) is -2.42. The quantitative estimate of drug-likeness (QED) is 0.391. The van der Waals surface area contributed by atoms with Crippen LogP contribution in [0.4, 0.5) is 17.6 Å². The maximum absolute atomic E-state index is 13.7. The lowest BCUT2D eigenvalue weighted by molar-refractivity contribution is -0.155. The molecule has 10 heteroatoms. The van der Waals surface area contributed by atoms with Crippen molar-refractivity contribution in [2.24, 2.45) is 0 Å². The number of alkyl halides is 3. The van der Waals surface area contributed by atoms with Crippen LogP contribution in [0, 0.1) is 12.7 Å². The van der Waals surface area contributed by atoms with E-state index < -0.39 is 40.5 Å². The number of carbonyl (C=O) groups is 2. The van der Waals surface area contributed by atoms with Gasteiger partial charge >= 0.3 is 12.1 Å². The minimum absolute atomic E-state index is 0.0219. The van der Waals surface area contributed by atoms with Crippen molar-refractivity contribution < 1.29 is 31.9 Å². The molecule has 0 aliphatic rings. The number of ether oxygens (including phenoxy) is 1. The number of benzene rings is 2. The fourth-order valence-electron chi connectivity index (χ4n) is 3.52. The molecular weight excluding hydrogens is 452 g/mol. The molecule has 1 N–H and O–H groups in total. The fourth-order valence-corrected chi connectivity index (χ4v) is 3.71. The van der Waals surface area contributed by atoms with E-state index in [1.165, 1.54) is 19.2 Å². The Hall–Kier alpha value is -3.07. The summed E-state index contributed by atoms with van der Waals surface area (Å²) in [6.45, 7) is 3.72. The molecule has 170 valence electrons. The topological polar surface area (TPSA) is 60.3 Å². The molecule has 1 amide bonds. The van der Waals surface area contributed by atoms with Crippen LogP contribution in [0.2, 0.25) is 5.02 Å². The molecule has 0 radical (unpaired) electrons. The number of carbonyl (C=O) groups excluding carboxylic acids is 2. The minimum atomic E-state index is -4.85. The first kappa shape index (κ1) is 23.6. The zero-order valence-electron chi connectivity index (χ0n) is 17.3. The number of nitrogens with zero attached hydrogens (tertiary/aromatic N) is 1. The van der Waals surface area contributed by atoms with Gasteiger partial charge in [0, 0.05) is 17.4 Å². The zero-order chi connectivity index (χ0) is 23.8. The van der Waals surface area contributed by atoms with E-state index in [-0.39, 0.29) is 11.3 Å². The molecule has 3 aromatic rings. The number of nitrogens with one attached hydrogen (secondary N) is 1. The van der Waals surface area contributed by atoms with E-state index in [4.69, 9.17) is 16.3 Å². The molecule has 0 saturated heterocycles. The van der Waals surface area contributed by atoms with E-state index in [9.17, 15) is 27.2 Å². The van der Waals surface area contributed by atoms with Crippen LogP contribution in [0.1, 0.15) is 44.9 Å². The number of rotatable bonds is 5. The lowest BCUT2D eigenvalue weighted by Gasteiger charge is -2.22. The lowest BCUT2D eigenvalue weighted by atomic mass is 10.1. The van der Waals surface area contributed by atoms with E-state index in [1.54, 1.807) is 24.5 Å². The highest BCUT2D eigenvalue weighted by atomic mass is 35.5. The Morgan fingerprint density at radius 1 is 1.19 bits per heavy atom. The van der Waals surface area contributed by atoms with E-state index in [1.807, 2.05) is 5.32 Å². The second kappa shape index (κ2) is 8.82. The van der Waals surface area contributed by atoms with Gasteiger partial charge in [0.2, 0.25) is 0 Å². The third kappa shape index (κ3) is 4.43. The van der Waals surface area contributed by atoms with Gasteiger partial charge in [-0.2, -0.15) is 13.2 Å². The number of aromatic nitrogens is 1. The number of hydrogen-bond donors (Lipinski definition) is 1. The average molecular weight is 471 g/mol. The Balaban J connectivity index is 2.05. The summed E-state index contributed by atoms with van der Waals surface area (Å²) in [6, 6.07) is 4.76. The van der Waals surface area contributed by atoms with Gasteiger partial charge in [0.05, 0.1) is 17.7 Å². The molecule has 0 spiro atoms. The van der Waals surface area contributed by atoms with Crippen LogP contribution in [0.15, 0.2) is 36.4 Å². The van der Waals surface area contributed by atoms with E-state index in [0.29, 0.717) is 23.0 Å². The Bertz CT molecular complexity index is 1200. The maximum atomic E-state index is 13.7. The monoisotopic (exact) mass is 470 g/mol. The summed E-state index contributed by atoms with van der Waals surface area (Å²) in [5.41, 5.74) is 1.04. The molecule has 1 aromatic heterocycles. The summed E-state index contributed by atoms with van der Waals surface area (Å²) in [5, 5.41) is 1.99. The summed E-state index contributed by atoms with van der Waals surface area (Å²) < 4.78 is 60.9. The summed E-state index contributed by atoms with van der Waals surface area (Å²) in [6.07, 6.45) is -4.85. The molecule has 0 aliphatic carbocycles. The second-order valence-corrected chi connectivity index (χ2v) is 7.52. The van der Waals surface area contributed by atoms with Gasteiger partial charge in [0.25, 0.3) is 5.91 Å². The first-order valence-electron chi connectivity index (χ1n) is 9.52. The third-order valence-corrected chi connectivity index (χ3v) is 5.37. The van der Waals surface area contributed by atoms with Crippen molar-refractivity contribution in [2.75, 3.05) is 7.11 Å². The van der Waals surface area contributed by atoms with Gasteiger partial charge in [-0.3, -0.25) is 4.79 Å². The van der Waals surface area contributed by atoms with Gasteiger partial charge in [0.15, 0.2) is 6.04 Å².